The van der Waals surface area contributed by atoms with Crippen molar-refractivity contribution in [3.63, 3.8) is 0 Å². The van der Waals surface area contributed by atoms with E-state index < -0.39 is 0 Å². The molecule has 0 amide bonds. The maximum atomic E-state index is 5.42. The van der Waals surface area contributed by atoms with Gasteiger partial charge in [0.25, 0.3) is 0 Å². The van der Waals surface area contributed by atoms with Gasteiger partial charge in [0.15, 0.2) is 17.5 Å². The minimum atomic E-state index is 0. The number of guanidine groups is 1. The number of hydrogen-bond donors (Lipinski definition) is 2. The Bertz CT molecular complexity index is 828. The molecule has 0 saturated carbocycles. The van der Waals surface area contributed by atoms with Crippen molar-refractivity contribution in [3.8, 4) is 17.2 Å². The summed E-state index contributed by atoms with van der Waals surface area (Å²) in [4.78, 5) is 6.78. The van der Waals surface area contributed by atoms with Crippen molar-refractivity contribution < 1.29 is 14.2 Å². The van der Waals surface area contributed by atoms with E-state index in [-0.39, 0.29) is 30.0 Å². The van der Waals surface area contributed by atoms with E-state index in [2.05, 4.69) is 46.5 Å². The summed E-state index contributed by atoms with van der Waals surface area (Å²) in [5.74, 6) is 2.89. The molecule has 0 saturated heterocycles. The van der Waals surface area contributed by atoms with Crippen LogP contribution in [-0.4, -0.2) is 58.9 Å². The van der Waals surface area contributed by atoms with Gasteiger partial charge in [0, 0.05) is 25.3 Å². The first-order valence-corrected chi connectivity index (χ1v) is 10.2. The highest BCUT2D eigenvalue weighted by atomic mass is 127. The van der Waals surface area contributed by atoms with E-state index in [0.29, 0.717) is 24.0 Å². The highest BCUT2D eigenvalue weighted by Gasteiger charge is 2.19. The van der Waals surface area contributed by atoms with Gasteiger partial charge in [0.1, 0.15) is 5.75 Å². The smallest absolute Gasteiger partial charge is 0.195 e. The minimum absolute atomic E-state index is 0. The Balaban J connectivity index is 0.00000480. The first kappa shape index (κ1) is 26.8. The fourth-order valence-corrected chi connectivity index (χ4v) is 3.39. The number of anilines is 1. The SMILES string of the molecule is CCN(CC)C(CNC(=NC)Nc1ccc(OC)c(OC)c1)c1cccc(OC)c1.I. The van der Waals surface area contributed by atoms with Crippen molar-refractivity contribution in [1.29, 1.82) is 0 Å². The molecule has 2 aromatic rings. The molecule has 0 spiro atoms. The Kier molecular flexibility index (Phi) is 12.1. The average molecular weight is 542 g/mol. The Morgan fingerprint density at radius 1 is 0.968 bits per heavy atom. The number of likely N-dealkylation sites (N-methyl/N-ethyl adjacent to an activating group) is 1. The zero-order valence-corrected chi connectivity index (χ0v) is 21.6. The zero-order chi connectivity index (χ0) is 21.9. The van der Waals surface area contributed by atoms with Gasteiger partial charge in [-0.3, -0.25) is 9.89 Å². The molecule has 8 heteroatoms. The minimum Gasteiger partial charge on any atom is -0.497 e. The van der Waals surface area contributed by atoms with Crippen LogP contribution in [-0.2, 0) is 0 Å². The number of ether oxygens (including phenoxy) is 3. The van der Waals surface area contributed by atoms with Gasteiger partial charge in [-0.2, -0.15) is 0 Å². The van der Waals surface area contributed by atoms with Crippen molar-refractivity contribution in [3.05, 3.63) is 48.0 Å². The van der Waals surface area contributed by atoms with E-state index in [1.165, 1.54) is 5.56 Å². The van der Waals surface area contributed by atoms with E-state index in [1.807, 2.05) is 30.3 Å². The molecule has 0 aliphatic heterocycles. The molecular formula is C23H35IN4O3. The molecule has 31 heavy (non-hydrogen) atoms. The summed E-state index contributed by atoms with van der Waals surface area (Å²) in [7, 11) is 6.70. The van der Waals surface area contributed by atoms with Crippen molar-refractivity contribution in [1.82, 2.24) is 10.2 Å². The molecule has 7 nitrogen and oxygen atoms in total. The van der Waals surface area contributed by atoms with Gasteiger partial charge < -0.3 is 24.8 Å². The van der Waals surface area contributed by atoms with E-state index in [4.69, 9.17) is 14.2 Å². The predicted octanol–water partition coefficient (Wildman–Crippen LogP) is 4.40. The van der Waals surface area contributed by atoms with Crippen molar-refractivity contribution in [2.24, 2.45) is 4.99 Å². The second kappa shape index (κ2) is 14.0. The topological polar surface area (TPSA) is 67.4 Å². The van der Waals surface area contributed by atoms with Gasteiger partial charge in [0.2, 0.25) is 0 Å². The van der Waals surface area contributed by atoms with Gasteiger partial charge >= 0.3 is 0 Å². The average Bonchev–Trinajstić information content (AvgIpc) is 2.80. The van der Waals surface area contributed by atoms with Gasteiger partial charge in [0.05, 0.1) is 27.4 Å². The van der Waals surface area contributed by atoms with Crippen LogP contribution in [0.25, 0.3) is 0 Å². The lowest BCUT2D eigenvalue weighted by atomic mass is 10.0. The lowest BCUT2D eigenvalue weighted by Gasteiger charge is -2.31. The number of benzene rings is 2. The Hall–Kier alpha value is -2.20. The molecule has 2 aromatic carbocycles. The lowest BCUT2D eigenvalue weighted by molar-refractivity contribution is 0.219. The number of methoxy groups -OCH3 is 3. The van der Waals surface area contributed by atoms with Crippen molar-refractivity contribution in [2.45, 2.75) is 19.9 Å². The summed E-state index contributed by atoms with van der Waals surface area (Å²) in [6, 6.07) is 14.1. The summed E-state index contributed by atoms with van der Waals surface area (Å²) >= 11 is 0. The molecule has 172 valence electrons. The molecule has 2 rings (SSSR count). The third-order valence-corrected chi connectivity index (χ3v) is 5.06. The van der Waals surface area contributed by atoms with Gasteiger partial charge in [-0.25, -0.2) is 0 Å². The van der Waals surface area contributed by atoms with Crippen LogP contribution in [0, 0.1) is 0 Å². The van der Waals surface area contributed by atoms with Gasteiger partial charge in [-0.05, 0) is 42.9 Å². The van der Waals surface area contributed by atoms with Gasteiger partial charge in [-0.15, -0.1) is 24.0 Å². The highest BCUT2D eigenvalue weighted by Crippen LogP contribution is 2.29. The monoisotopic (exact) mass is 542 g/mol. The molecule has 0 aromatic heterocycles. The summed E-state index contributed by atoms with van der Waals surface area (Å²) in [5.41, 5.74) is 2.06. The van der Waals surface area contributed by atoms with Gasteiger partial charge in [-0.1, -0.05) is 26.0 Å². The second-order valence-electron chi connectivity index (χ2n) is 6.66. The number of aliphatic imine (C=N–C) groups is 1. The number of hydrogen-bond acceptors (Lipinski definition) is 5. The Morgan fingerprint density at radius 3 is 2.26 bits per heavy atom. The van der Waals surface area contributed by atoms with Crippen LogP contribution in [0.3, 0.4) is 0 Å². The van der Waals surface area contributed by atoms with Crippen LogP contribution in [0.15, 0.2) is 47.5 Å². The quantitative estimate of drug-likeness (QED) is 0.264. The Morgan fingerprint density at radius 2 is 1.68 bits per heavy atom. The number of nitrogens with one attached hydrogen (secondary N) is 2. The molecule has 0 bridgehead atoms. The lowest BCUT2D eigenvalue weighted by Crippen LogP contribution is -2.40. The van der Waals surface area contributed by atoms with E-state index >= 15 is 0 Å². The second-order valence-corrected chi connectivity index (χ2v) is 6.66. The van der Waals surface area contributed by atoms with Crippen LogP contribution in [0.1, 0.15) is 25.5 Å². The number of nitrogens with zero attached hydrogens (tertiary/aromatic N) is 2. The van der Waals surface area contributed by atoms with Crippen LogP contribution < -0.4 is 24.8 Å². The molecule has 0 aliphatic rings. The predicted molar refractivity (Wildman–Crippen MR) is 139 cm³/mol. The molecular weight excluding hydrogens is 507 g/mol. The third kappa shape index (κ3) is 7.46. The normalized spacial score (nSPS) is 12.0. The molecule has 0 aliphatic carbocycles. The van der Waals surface area contributed by atoms with Crippen LogP contribution in [0.5, 0.6) is 17.2 Å². The van der Waals surface area contributed by atoms with E-state index in [9.17, 15) is 0 Å². The first-order chi connectivity index (χ1) is 14.6. The molecule has 1 atom stereocenters. The molecule has 0 fully saturated rings. The molecule has 1 unspecified atom stereocenters. The van der Waals surface area contributed by atoms with Crippen LogP contribution >= 0.6 is 24.0 Å². The van der Waals surface area contributed by atoms with Crippen LogP contribution in [0.2, 0.25) is 0 Å². The molecule has 2 N–H and O–H groups in total. The zero-order valence-electron chi connectivity index (χ0n) is 19.3. The highest BCUT2D eigenvalue weighted by molar-refractivity contribution is 14.0. The fraction of sp³-hybridized carbons (Fsp3) is 0.435. The maximum Gasteiger partial charge on any atom is 0.195 e. The largest absolute Gasteiger partial charge is 0.497 e. The summed E-state index contributed by atoms with van der Waals surface area (Å²) in [5, 5.41) is 6.77. The fourth-order valence-electron chi connectivity index (χ4n) is 3.39. The van der Waals surface area contributed by atoms with E-state index in [0.717, 1.165) is 24.5 Å². The van der Waals surface area contributed by atoms with E-state index in [1.54, 1.807) is 28.4 Å². The molecule has 0 radical (unpaired) electrons. The van der Waals surface area contributed by atoms with Crippen molar-refractivity contribution >= 4 is 35.6 Å². The van der Waals surface area contributed by atoms with Crippen molar-refractivity contribution in [2.75, 3.05) is 53.3 Å². The first-order valence-electron chi connectivity index (χ1n) is 10.2. The van der Waals surface area contributed by atoms with Crippen LogP contribution in [0.4, 0.5) is 5.69 Å². The maximum absolute atomic E-state index is 5.42. The number of halogens is 1. The summed E-state index contributed by atoms with van der Waals surface area (Å²) in [6.07, 6.45) is 0. The summed E-state index contributed by atoms with van der Waals surface area (Å²) < 4.78 is 16.1. The Labute approximate surface area is 203 Å². The summed E-state index contributed by atoms with van der Waals surface area (Å²) in [6.45, 7) is 6.94. The third-order valence-electron chi connectivity index (χ3n) is 5.06. The number of rotatable bonds is 10. The standard InChI is InChI=1S/C23H34N4O3.HI/c1-7-27(8-2)20(17-10-9-11-19(14-17)28-4)16-25-23(24-3)26-18-12-13-21(29-5)22(15-18)30-6;/h9-15,20H,7-8,16H2,1-6H3,(H2,24,25,26);1H. The molecule has 0 heterocycles.